The second-order valence-electron chi connectivity index (χ2n) is 5.06. The number of benzene rings is 2. The lowest BCUT2D eigenvalue weighted by molar-refractivity contribution is -0.137. The third kappa shape index (κ3) is 4.91. The summed E-state index contributed by atoms with van der Waals surface area (Å²) in [6.45, 7) is -0.483. The van der Waals surface area contributed by atoms with Crippen LogP contribution in [0.1, 0.15) is 17.2 Å². The van der Waals surface area contributed by atoms with Crippen molar-refractivity contribution in [2.75, 3.05) is 6.54 Å². The van der Waals surface area contributed by atoms with Gasteiger partial charge in [-0.1, -0.05) is 23.7 Å². The van der Waals surface area contributed by atoms with Gasteiger partial charge in [0, 0.05) is 6.54 Å². The van der Waals surface area contributed by atoms with E-state index in [4.69, 9.17) is 11.6 Å². The van der Waals surface area contributed by atoms with Gasteiger partial charge in [-0.05, 0) is 35.9 Å². The Hall–Kier alpha value is -1.68. The second-order valence-corrected chi connectivity index (χ2v) is 7.24. The summed E-state index contributed by atoms with van der Waals surface area (Å²) in [4.78, 5) is -0.307. The van der Waals surface area contributed by atoms with E-state index in [2.05, 4.69) is 4.72 Å². The first kappa shape index (κ1) is 19.6. The van der Waals surface area contributed by atoms with Crippen LogP contribution in [0.25, 0.3) is 0 Å². The Labute approximate surface area is 146 Å². The SMILES string of the molecule is O=S(=O)(NCC(O)c1ccc(C(F)(F)F)cc1)c1ccc(F)c(Cl)c1. The van der Waals surface area contributed by atoms with E-state index in [1.165, 1.54) is 0 Å². The molecule has 25 heavy (non-hydrogen) atoms. The first-order valence-electron chi connectivity index (χ1n) is 6.80. The summed E-state index contributed by atoms with van der Waals surface area (Å²) in [5.74, 6) is -0.787. The Morgan fingerprint density at radius 3 is 2.24 bits per heavy atom. The molecule has 4 nitrogen and oxygen atoms in total. The molecule has 0 amide bonds. The predicted molar refractivity (Wildman–Crippen MR) is 83.0 cm³/mol. The highest BCUT2D eigenvalue weighted by molar-refractivity contribution is 7.89. The molecule has 0 saturated carbocycles. The zero-order valence-corrected chi connectivity index (χ0v) is 14.0. The van der Waals surface area contributed by atoms with Crippen molar-refractivity contribution in [2.24, 2.45) is 0 Å². The lowest BCUT2D eigenvalue weighted by atomic mass is 10.1. The van der Waals surface area contributed by atoms with E-state index in [0.29, 0.717) is 0 Å². The molecule has 0 radical (unpaired) electrons. The highest BCUT2D eigenvalue weighted by atomic mass is 35.5. The fourth-order valence-electron chi connectivity index (χ4n) is 1.93. The number of aliphatic hydroxyl groups is 1. The molecule has 0 aliphatic carbocycles. The quantitative estimate of drug-likeness (QED) is 0.759. The summed E-state index contributed by atoms with van der Waals surface area (Å²) in [5.41, 5.74) is -0.780. The minimum atomic E-state index is -4.51. The minimum Gasteiger partial charge on any atom is -0.387 e. The minimum absolute atomic E-state index is 0.104. The highest BCUT2D eigenvalue weighted by Crippen LogP contribution is 2.30. The van der Waals surface area contributed by atoms with Gasteiger partial charge in [-0.2, -0.15) is 13.2 Å². The Bertz CT molecular complexity index is 854. The molecular weight excluding hydrogens is 386 g/mol. The zero-order valence-electron chi connectivity index (χ0n) is 12.4. The van der Waals surface area contributed by atoms with E-state index >= 15 is 0 Å². The van der Waals surface area contributed by atoms with Gasteiger partial charge >= 0.3 is 6.18 Å². The van der Waals surface area contributed by atoms with Gasteiger partial charge in [0.15, 0.2) is 0 Å². The molecule has 0 bridgehead atoms. The highest BCUT2D eigenvalue weighted by Gasteiger charge is 2.30. The lowest BCUT2D eigenvalue weighted by Gasteiger charge is -2.14. The van der Waals surface area contributed by atoms with Crippen LogP contribution < -0.4 is 4.72 Å². The van der Waals surface area contributed by atoms with Crippen LogP contribution in [0.5, 0.6) is 0 Å². The van der Waals surface area contributed by atoms with Crippen molar-refractivity contribution in [3.05, 3.63) is 64.4 Å². The van der Waals surface area contributed by atoms with Crippen LogP contribution in [0.4, 0.5) is 17.6 Å². The van der Waals surface area contributed by atoms with E-state index in [1.54, 1.807) is 0 Å². The van der Waals surface area contributed by atoms with Crippen LogP contribution in [-0.4, -0.2) is 20.1 Å². The molecule has 0 spiro atoms. The van der Waals surface area contributed by atoms with Crippen molar-refractivity contribution in [2.45, 2.75) is 17.2 Å². The third-order valence-electron chi connectivity index (χ3n) is 3.29. The van der Waals surface area contributed by atoms with Crippen LogP contribution in [0.15, 0.2) is 47.4 Å². The zero-order chi connectivity index (χ0) is 18.8. The van der Waals surface area contributed by atoms with E-state index in [9.17, 15) is 31.1 Å². The Kier molecular flexibility index (Phi) is 5.72. The molecule has 2 N–H and O–H groups in total. The predicted octanol–water partition coefficient (Wildman–Crippen LogP) is 3.51. The maximum Gasteiger partial charge on any atom is 0.416 e. The maximum absolute atomic E-state index is 13.1. The average molecular weight is 398 g/mol. The second kappa shape index (κ2) is 7.28. The van der Waals surface area contributed by atoms with Gasteiger partial charge in [-0.15, -0.1) is 0 Å². The number of aliphatic hydroxyl groups excluding tert-OH is 1. The molecule has 136 valence electrons. The van der Waals surface area contributed by atoms with Crippen LogP contribution in [0.2, 0.25) is 5.02 Å². The number of hydrogen-bond acceptors (Lipinski definition) is 3. The normalized spacial score (nSPS) is 13.7. The summed E-state index contributed by atoms with van der Waals surface area (Å²) in [5, 5.41) is 9.55. The maximum atomic E-state index is 13.1. The Morgan fingerprint density at radius 2 is 1.72 bits per heavy atom. The number of sulfonamides is 1. The van der Waals surface area contributed by atoms with Crippen LogP contribution >= 0.6 is 11.6 Å². The van der Waals surface area contributed by atoms with Gasteiger partial charge in [0.25, 0.3) is 0 Å². The van der Waals surface area contributed by atoms with Gasteiger partial charge in [0.2, 0.25) is 10.0 Å². The molecule has 0 aliphatic heterocycles. The van der Waals surface area contributed by atoms with E-state index in [0.717, 1.165) is 42.5 Å². The molecule has 2 aromatic carbocycles. The summed E-state index contributed by atoms with van der Waals surface area (Å²) >= 11 is 5.52. The number of halogens is 5. The van der Waals surface area contributed by atoms with Crippen molar-refractivity contribution < 1.29 is 31.1 Å². The first-order valence-corrected chi connectivity index (χ1v) is 8.67. The molecule has 2 rings (SSSR count). The number of rotatable bonds is 5. The summed E-state index contributed by atoms with van der Waals surface area (Å²) in [6, 6.07) is 6.45. The molecule has 2 aromatic rings. The molecule has 1 atom stereocenters. The van der Waals surface area contributed by atoms with Crippen molar-refractivity contribution in [3.8, 4) is 0 Å². The molecule has 0 heterocycles. The summed E-state index contributed by atoms with van der Waals surface area (Å²) in [6.07, 6.45) is -5.87. The van der Waals surface area contributed by atoms with E-state index < -0.39 is 40.2 Å². The molecule has 0 fully saturated rings. The van der Waals surface area contributed by atoms with Crippen LogP contribution in [-0.2, 0) is 16.2 Å². The van der Waals surface area contributed by atoms with Gasteiger partial charge in [0.1, 0.15) is 5.82 Å². The Balaban J connectivity index is 2.08. The number of alkyl halides is 3. The summed E-state index contributed by atoms with van der Waals surface area (Å²) in [7, 11) is -4.08. The number of hydrogen-bond donors (Lipinski definition) is 2. The van der Waals surface area contributed by atoms with E-state index in [1.807, 2.05) is 0 Å². The Morgan fingerprint density at radius 1 is 1.12 bits per heavy atom. The first-order chi connectivity index (χ1) is 11.5. The molecule has 0 saturated heterocycles. The largest absolute Gasteiger partial charge is 0.416 e. The lowest BCUT2D eigenvalue weighted by Crippen LogP contribution is -2.28. The summed E-state index contributed by atoms with van der Waals surface area (Å²) < 4.78 is 76.7. The molecular formula is C15H12ClF4NO3S. The van der Waals surface area contributed by atoms with Gasteiger partial charge in [-0.25, -0.2) is 17.5 Å². The fourth-order valence-corrected chi connectivity index (χ4v) is 3.24. The van der Waals surface area contributed by atoms with Crippen molar-refractivity contribution in [1.82, 2.24) is 4.72 Å². The van der Waals surface area contributed by atoms with Crippen molar-refractivity contribution in [3.63, 3.8) is 0 Å². The average Bonchev–Trinajstić information content (AvgIpc) is 2.54. The molecule has 10 heteroatoms. The van der Waals surface area contributed by atoms with Crippen molar-refractivity contribution in [1.29, 1.82) is 0 Å². The van der Waals surface area contributed by atoms with E-state index in [-0.39, 0.29) is 15.5 Å². The molecule has 0 aromatic heterocycles. The fraction of sp³-hybridized carbons (Fsp3) is 0.200. The van der Waals surface area contributed by atoms with Crippen molar-refractivity contribution >= 4 is 21.6 Å². The molecule has 1 unspecified atom stereocenters. The van der Waals surface area contributed by atoms with Gasteiger partial charge < -0.3 is 5.11 Å². The topological polar surface area (TPSA) is 66.4 Å². The van der Waals surface area contributed by atoms with Crippen LogP contribution in [0.3, 0.4) is 0 Å². The van der Waals surface area contributed by atoms with Crippen LogP contribution in [0, 0.1) is 5.82 Å². The van der Waals surface area contributed by atoms with Gasteiger partial charge in [-0.3, -0.25) is 0 Å². The third-order valence-corrected chi connectivity index (χ3v) is 5.00. The van der Waals surface area contributed by atoms with Gasteiger partial charge in [0.05, 0.1) is 21.6 Å². The number of nitrogens with one attached hydrogen (secondary N) is 1. The smallest absolute Gasteiger partial charge is 0.387 e. The monoisotopic (exact) mass is 397 g/mol. The molecule has 0 aliphatic rings. The standard InChI is InChI=1S/C15H12ClF4NO3S/c16-12-7-11(5-6-13(12)17)25(23,24)21-8-14(22)9-1-3-10(4-2-9)15(18,19)20/h1-7,14,21-22H,8H2.